The number of benzene rings is 1. The van der Waals surface area contributed by atoms with Crippen LogP contribution in [0.2, 0.25) is 0 Å². The van der Waals surface area contributed by atoms with E-state index in [9.17, 15) is 8.42 Å². The third kappa shape index (κ3) is 4.51. The van der Waals surface area contributed by atoms with Gasteiger partial charge in [0.05, 0.1) is 17.6 Å². The highest BCUT2D eigenvalue weighted by Crippen LogP contribution is 2.21. The van der Waals surface area contributed by atoms with E-state index < -0.39 is 10.1 Å². The molecule has 1 aromatic rings. The van der Waals surface area contributed by atoms with Crippen molar-refractivity contribution in [2.45, 2.75) is 50.2 Å². The molecule has 2 rings (SSSR count). The van der Waals surface area contributed by atoms with Gasteiger partial charge in [0.15, 0.2) is 0 Å². The Morgan fingerprint density at radius 1 is 1.19 bits per heavy atom. The summed E-state index contributed by atoms with van der Waals surface area (Å²) in [5, 5.41) is 0. The summed E-state index contributed by atoms with van der Waals surface area (Å²) in [6, 6.07) is 6.58. The summed E-state index contributed by atoms with van der Waals surface area (Å²) in [6.07, 6.45) is 2.54. The zero-order valence-electron chi connectivity index (χ0n) is 12.4. The lowest BCUT2D eigenvalue weighted by molar-refractivity contribution is 0.0299. The fraction of sp³-hybridized carbons (Fsp3) is 0.600. The molecule has 118 valence electrons. The van der Waals surface area contributed by atoms with Gasteiger partial charge in [-0.2, -0.15) is 8.42 Å². The van der Waals surface area contributed by atoms with Crippen LogP contribution in [0.3, 0.4) is 0 Å². The van der Waals surface area contributed by atoms with Gasteiger partial charge in [-0.15, -0.1) is 0 Å². The molecule has 1 aliphatic rings. The Balaban J connectivity index is 1.93. The molecule has 1 fully saturated rings. The van der Waals surface area contributed by atoms with Gasteiger partial charge >= 0.3 is 0 Å². The molecule has 0 radical (unpaired) electrons. The summed E-state index contributed by atoms with van der Waals surface area (Å²) in [6.45, 7) is 4.19. The van der Waals surface area contributed by atoms with Gasteiger partial charge in [-0.05, 0) is 25.5 Å². The monoisotopic (exact) mass is 314 g/mol. The van der Waals surface area contributed by atoms with Crippen LogP contribution in [0.25, 0.3) is 0 Å². The van der Waals surface area contributed by atoms with Gasteiger partial charge in [-0.25, -0.2) is 0 Å². The van der Waals surface area contributed by atoms with Gasteiger partial charge < -0.3 is 9.47 Å². The average Bonchev–Trinajstić information content (AvgIpc) is 2.91. The molecule has 0 bridgehead atoms. The standard InChI is InChI=1S/C15H22O5S/c1-3-4-5-14-15(19-11-18-14)10-20-21(16,17)13-8-6-12(2)7-9-13/h6-9,14-15H,3-5,10-11H2,1-2H3/t14-,15+/m0/s1. The molecule has 0 aliphatic carbocycles. The van der Waals surface area contributed by atoms with Gasteiger partial charge in [-0.3, -0.25) is 4.18 Å². The third-order valence-corrected chi connectivity index (χ3v) is 4.81. The first-order valence-electron chi connectivity index (χ1n) is 7.22. The highest BCUT2D eigenvalue weighted by atomic mass is 32.2. The van der Waals surface area contributed by atoms with Crippen molar-refractivity contribution in [3.63, 3.8) is 0 Å². The smallest absolute Gasteiger partial charge is 0.297 e. The van der Waals surface area contributed by atoms with Crippen molar-refractivity contribution in [1.29, 1.82) is 0 Å². The van der Waals surface area contributed by atoms with E-state index in [-0.39, 0.29) is 30.5 Å². The average molecular weight is 314 g/mol. The Hall–Kier alpha value is -0.950. The summed E-state index contributed by atoms with van der Waals surface area (Å²) in [5.41, 5.74) is 1.00. The van der Waals surface area contributed by atoms with E-state index in [2.05, 4.69) is 6.92 Å². The highest BCUT2D eigenvalue weighted by Gasteiger charge is 2.30. The van der Waals surface area contributed by atoms with Crippen LogP contribution in [0.4, 0.5) is 0 Å². The van der Waals surface area contributed by atoms with Crippen LogP contribution in [-0.2, 0) is 23.8 Å². The first-order chi connectivity index (χ1) is 10.0. The Morgan fingerprint density at radius 2 is 1.86 bits per heavy atom. The molecular formula is C15H22O5S. The zero-order valence-corrected chi connectivity index (χ0v) is 13.3. The van der Waals surface area contributed by atoms with Crippen LogP contribution in [0.15, 0.2) is 29.2 Å². The van der Waals surface area contributed by atoms with Crippen LogP contribution >= 0.6 is 0 Å². The molecule has 21 heavy (non-hydrogen) atoms. The van der Waals surface area contributed by atoms with Gasteiger partial charge in [0, 0.05) is 0 Å². The minimum atomic E-state index is -3.74. The number of ether oxygens (including phenoxy) is 2. The quantitative estimate of drug-likeness (QED) is 0.724. The third-order valence-electron chi connectivity index (χ3n) is 3.52. The lowest BCUT2D eigenvalue weighted by Gasteiger charge is -2.16. The highest BCUT2D eigenvalue weighted by molar-refractivity contribution is 7.86. The van der Waals surface area contributed by atoms with Gasteiger partial charge in [-0.1, -0.05) is 37.5 Å². The van der Waals surface area contributed by atoms with Crippen molar-refractivity contribution in [2.75, 3.05) is 13.4 Å². The van der Waals surface area contributed by atoms with E-state index in [0.29, 0.717) is 0 Å². The second-order valence-corrected chi connectivity index (χ2v) is 6.84. The van der Waals surface area contributed by atoms with Crippen LogP contribution in [0.5, 0.6) is 0 Å². The molecule has 1 aromatic carbocycles. The molecule has 6 heteroatoms. The Morgan fingerprint density at radius 3 is 2.52 bits per heavy atom. The molecule has 1 saturated heterocycles. The molecule has 5 nitrogen and oxygen atoms in total. The number of hydrogen-bond acceptors (Lipinski definition) is 5. The van der Waals surface area contributed by atoms with E-state index in [4.69, 9.17) is 13.7 Å². The second-order valence-electron chi connectivity index (χ2n) is 5.22. The maximum atomic E-state index is 12.1. The van der Waals surface area contributed by atoms with Gasteiger partial charge in [0.1, 0.15) is 12.9 Å². The maximum absolute atomic E-state index is 12.1. The van der Waals surface area contributed by atoms with Crippen molar-refractivity contribution in [1.82, 2.24) is 0 Å². The number of aryl methyl sites for hydroxylation is 1. The Bertz CT molecular complexity index is 538. The Labute approximate surface area is 126 Å². The first-order valence-corrected chi connectivity index (χ1v) is 8.63. The largest absolute Gasteiger partial charge is 0.349 e. The minimum Gasteiger partial charge on any atom is -0.349 e. The molecule has 0 saturated carbocycles. The predicted molar refractivity (Wildman–Crippen MR) is 78.5 cm³/mol. The summed E-state index contributed by atoms with van der Waals surface area (Å²) in [7, 11) is -3.74. The number of unbranched alkanes of at least 4 members (excludes halogenated alkanes) is 1. The lowest BCUT2D eigenvalue weighted by atomic mass is 10.1. The van der Waals surface area contributed by atoms with E-state index in [1.54, 1.807) is 24.3 Å². The van der Waals surface area contributed by atoms with Crippen LogP contribution in [0.1, 0.15) is 31.7 Å². The number of hydrogen-bond donors (Lipinski definition) is 0. The zero-order chi connectivity index (χ0) is 15.3. The van der Waals surface area contributed by atoms with E-state index in [1.165, 1.54) is 0 Å². The van der Waals surface area contributed by atoms with Crippen molar-refractivity contribution in [3.05, 3.63) is 29.8 Å². The van der Waals surface area contributed by atoms with Crippen LogP contribution in [-0.4, -0.2) is 34.0 Å². The normalized spacial score (nSPS) is 22.6. The van der Waals surface area contributed by atoms with E-state index >= 15 is 0 Å². The molecule has 0 amide bonds. The molecule has 1 heterocycles. The predicted octanol–water partition coefficient (Wildman–Crippen LogP) is 2.63. The summed E-state index contributed by atoms with van der Waals surface area (Å²) < 4.78 is 40.2. The lowest BCUT2D eigenvalue weighted by Crippen LogP contribution is -2.29. The van der Waals surface area contributed by atoms with Gasteiger partial charge in [0.25, 0.3) is 10.1 Å². The fourth-order valence-electron chi connectivity index (χ4n) is 2.19. The summed E-state index contributed by atoms with van der Waals surface area (Å²) in [5.74, 6) is 0. The Kier molecular flexibility index (Phi) is 5.75. The first kappa shape index (κ1) is 16.4. The van der Waals surface area contributed by atoms with Crippen molar-refractivity contribution >= 4 is 10.1 Å². The minimum absolute atomic E-state index is 0.00933. The van der Waals surface area contributed by atoms with E-state index in [0.717, 1.165) is 24.8 Å². The van der Waals surface area contributed by atoms with E-state index in [1.807, 2.05) is 6.92 Å². The second kappa shape index (κ2) is 7.35. The van der Waals surface area contributed by atoms with Crippen LogP contribution < -0.4 is 0 Å². The van der Waals surface area contributed by atoms with Crippen molar-refractivity contribution < 1.29 is 22.1 Å². The van der Waals surface area contributed by atoms with Crippen molar-refractivity contribution in [2.24, 2.45) is 0 Å². The van der Waals surface area contributed by atoms with Gasteiger partial charge in [0.2, 0.25) is 0 Å². The topological polar surface area (TPSA) is 61.8 Å². The van der Waals surface area contributed by atoms with Crippen LogP contribution in [0, 0.1) is 6.92 Å². The molecule has 0 N–H and O–H groups in total. The molecule has 0 spiro atoms. The molecule has 0 unspecified atom stereocenters. The molecule has 1 aliphatic heterocycles. The number of rotatable bonds is 7. The maximum Gasteiger partial charge on any atom is 0.297 e. The van der Waals surface area contributed by atoms with Crippen molar-refractivity contribution in [3.8, 4) is 0 Å². The fourth-order valence-corrected chi connectivity index (χ4v) is 3.11. The summed E-state index contributed by atoms with van der Waals surface area (Å²) in [4.78, 5) is 0.164. The molecule has 2 atom stereocenters. The summed E-state index contributed by atoms with van der Waals surface area (Å²) >= 11 is 0. The SMILES string of the molecule is CCCC[C@@H]1OCO[C@@H]1COS(=O)(=O)c1ccc(C)cc1. The molecule has 0 aromatic heterocycles. The molecular weight excluding hydrogens is 292 g/mol.